The molecule has 7 nitrogen and oxygen atoms in total. The van der Waals surface area contributed by atoms with Crippen LogP contribution in [-0.2, 0) is 6.54 Å². The molecule has 150 valence electrons. The second-order valence-electron chi connectivity index (χ2n) is 6.42. The number of para-hydroxylation sites is 2. The number of nitrogens with zero attached hydrogens (tertiary/aromatic N) is 3. The molecule has 8 heteroatoms. The molecular formula is C20H26IN5O2. The van der Waals surface area contributed by atoms with E-state index in [9.17, 15) is 9.90 Å². The molecule has 0 aromatic heterocycles. The molecular weight excluding hydrogens is 469 g/mol. The molecule has 0 radical (unpaired) electrons. The molecule has 0 spiro atoms. The van der Waals surface area contributed by atoms with Crippen LogP contribution in [0, 0.1) is 0 Å². The number of nitrogens with one attached hydrogen (secondary N) is 1. The maximum atomic E-state index is 11.1. The van der Waals surface area contributed by atoms with Gasteiger partial charge in [0.2, 0.25) is 5.91 Å². The number of hydrogen-bond acceptors (Lipinski definition) is 4. The van der Waals surface area contributed by atoms with Crippen LogP contribution in [0.3, 0.4) is 0 Å². The van der Waals surface area contributed by atoms with E-state index in [0.717, 1.165) is 43.4 Å². The van der Waals surface area contributed by atoms with Crippen LogP contribution in [0.5, 0.6) is 5.75 Å². The number of piperazine rings is 1. The molecule has 1 heterocycles. The fourth-order valence-electron chi connectivity index (χ4n) is 3.19. The van der Waals surface area contributed by atoms with E-state index in [1.807, 2.05) is 30.3 Å². The summed E-state index contributed by atoms with van der Waals surface area (Å²) in [6, 6.07) is 14.6. The Hall–Kier alpha value is -2.49. The minimum absolute atomic E-state index is 0. The number of carbonyl (C=O) groups is 1. The third-order valence-electron chi connectivity index (χ3n) is 4.70. The first kappa shape index (κ1) is 21.8. The number of nitrogens with two attached hydrogens (primary N) is 1. The Morgan fingerprint density at radius 1 is 1.11 bits per heavy atom. The zero-order chi connectivity index (χ0) is 19.2. The standard InChI is InChI=1S/C20H25N5O2.HI/c1-22-20(23-14-15-6-8-16(9-7-15)19(21)27)25-12-10-24(11-13-25)17-4-2-3-5-18(17)26;/h2-9,26H,10-14H2,1H3,(H2,21,27)(H,22,23);1H. The molecule has 1 fully saturated rings. The fraction of sp³-hybridized carbons (Fsp3) is 0.300. The van der Waals surface area contributed by atoms with Crippen molar-refractivity contribution < 1.29 is 9.90 Å². The van der Waals surface area contributed by atoms with E-state index >= 15 is 0 Å². The summed E-state index contributed by atoms with van der Waals surface area (Å²) in [4.78, 5) is 19.9. The molecule has 0 aliphatic carbocycles. The van der Waals surface area contributed by atoms with Gasteiger partial charge in [-0.2, -0.15) is 0 Å². The lowest BCUT2D eigenvalue weighted by Gasteiger charge is -2.37. The van der Waals surface area contributed by atoms with Crippen molar-refractivity contribution in [3.05, 3.63) is 59.7 Å². The third kappa shape index (κ3) is 5.28. The average molecular weight is 495 g/mol. The first-order valence-electron chi connectivity index (χ1n) is 8.96. The van der Waals surface area contributed by atoms with E-state index in [-0.39, 0.29) is 24.0 Å². The number of hydrogen-bond donors (Lipinski definition) is 3. The van der Waals surface area contributed by atoms with Crippen molar-refractivity contribution in [3.8, 4) is 5.75 Å². The lowest BCUT2D eigenvalue weighted by atomic mass is 10.1. The number of halogens is 1. The van der Waals surface area contributed by atoms with Crippen LogP contribution in [-0.4, -0.2) is 55.1 Å². The molecule has 2 aromatic rings. The van der Waals surface area contributed by atoms with Crippen LogP contribution in [0.4, 0.5) is 5.69 Å². The number of aromatic hydroxyl groups is 1. The van der Waals surface area contributed by atoms with Crippen LogP contribution < -0.4 is 16.0 Å². The van der Waals surface area contributed by atoms with E-state index in [1.54, 1.807) is 25.2 Å². The highest BCUT2D eigenvalue weighted by Gasteiger charge is 2.21. The minimum atomic E-state index is -0.423. The Kier molecular flexibility index (Phi) is 7.91. The molecule has 0 bridgehead atoms. The van der Waals surface area contributed by atoms with Crippen molar-refractivity contribution in [3.63, 3.8) is 0 Å². The Bertz CT molecular complexity index is 818. The smallest absolute Gasteiger partial charge is 0.248 e. The number of amides is 1. The van der Waals surface area contributed by atoms with Gasteiger partial charge in [-0.1, -0.05) is 24.3 Å². The van der Waals surface area contributed by atoms with E-state index in [0.29, 0.717) is 17.9 Å². The van der Waals surface area contributed by atoms with Gasteiger partial charge in [0, 0.05) is 45.3 Å². The van der Waals surface area contributed by atoms with Gasteiger partial charge in [0.15, 0.2) is 5.96 Å². The number of phenols is 1. The number of benzene rings is 2. The molecule has 2 aromatic carbocycles. The minimum Gasteiger partial charge on any atom is -0.506 e. The molecule has 28 heavy (non-hydrogen) atoms. The molecule has 0 unspecified atom stereocenters. The highest BCUT2D eigenvalue weighted by atomic mass is 127. The van der Waals surface area contributed by atoms with Crippen LogP contribution in [0.1, 0.15) is 15.9 Å². The molecule has 1 amide bonds. The number of aliphatic imine (C=N–C) groups is 1. The number of rotatable bonds is 4. The molecule has 4 N–H and O–H groups in total. The van der Waals surface area contributed by atoms with Gasteiger partial charge in [-0.3, -0.25) is 9.79 Å². The first-order chi connectivity index (χ1) is 13.1. The monoisotopic (exact) mass is 495 g/mol. The van der Waals surface area contributed by atoms with E-state index in [4.69, 9.17) is 5.73 Å². The van der Waals surface area contributed by atoms with Gasteiger partial charge < -0.3 is 26.0 Å². The van der Waals surface area contributed by atoms with Crippen LogP contribution in [0.2, 0.25) is 0 Å². The predicted octanol–water partition coefficient (Wildman–Crippen LogP) is 2.01. The third-order valence-corrected chi connectivity index (χ3v) is 4.70. The Morgan fingerprint density at radius 3 is 2.32 bits per heavy atom. The number of carbonyl (C=O) groups excluding carboxylic acids is 1. The number of primary amides is 1. The predicted molar refractivity (Wildman–Crippen MR) is 122 cm³/mol. The number of phenolic OH excluding ortho intramolecular Hbond substituents is 1. The van der Waals surface area contributed by atoms with E-state index in [1.165, 1.54) is 0 Å². The van der Waals surface area contributed by atoms with Gasteiger partial charge >= 0.3 is 0 Å². The first-order valence-corrected chi connectivity index (χ1v) is 8.96. The second kappa shape index (κ2) is 10.2. The average Bonchev–Trinajstić information content (AvgIpc) is 2.70. The molecule has 0 saturated carbocycles. The zero-order valence-corrected chi connectivity index (χ0v) is 18.2. The van der Waals surface area contributed by atoms with Crippen LogP contribution >= 0.6 is 24.0 Å². The number of anilines is 1. The van der Waals surface area contributed by atoms with Gasteiger partial charge in [0.25, 0.3) is 0 Å². The summed E-state index contributed by atoms with van der Waals surface area (Å²) in [5.41, 5.74) is 7.69. The second-order valence-corrected chi connectivity index (χ2v) is 6.42. The van der Waals surface area contributed by atoms with Crippen molar-refractivity contribution in [2.45, 2.75) is 6.54 Å². The van der Waals surface area contributed by atoms with Crippen LogP contribution in [0.15, 0.2) is 53.5 Å². The largest absolute Gasteiger partial charge is 0.506 e. The Labute approximate surface area is 182 Å². The maximum absolute atomic E-state index is 11.1. The van der Waals surface area contributed by atoms with Gasteiger partial charge in [0.1, 0.15) is 5.75 Å². The SMILES string of the molecule is CN=C(NCc1ccc(C(N)=O)cc1)N1CCN(c2ccccc2O)CC1.I. The Morgan fingerprint density at radius 2 is 1.75 bits per heavy atom. The summed E-state index contributed by atoms with van der Waals surface area (Å²) in [6.07, 6.45) is 0. The fourth-order valence-corrected chi connectivity index (χ4v) is 3.19. The van der Waals surface area contributed by atoms with Gasteiger partial charge in [0.05, 0.1) is 5.69 Å². The summed E-state index contributed by atoms with van der Waals surface area (Å²) in [7, 11) is 1.77. The van der Waals surface area contributed by atoms with Crippen molar-refractivity contribution in [1.82, 2.24) is 10.2 Å². The summed E-state index contributed by atoms with van der Waals surface area (Å²) < 4.78 is 0. The van der Waals surface area contributed by atoms with Crippen molar-refractivity contribution in [1.29, 1.82) is 0 Å². The molecule has 1 aliphatic heterocycles. The van der Waals surface area contributed by atoms with Gasteiger partial charge in [-0.25, -0.2) is 0 Å². The van der Waals surface area contributed by atoms with E-state index in [2.05, 4.69) is 20.1 Å². The summed E-state index contributed by atoms with van der Waals surface area (Å²) in [6.45, 7) is 3.87. The van der Waals surface area contributed by atoms with Crippen LogP contribution in [0.25, 0.3) is 0 Å². The summed E-state index contributed by atoms with van der Waals surface area (Å²) in [5, 5.41) is 13.4. The van der Waals surface area contributed by atoms with E-state index < -0.39 is 5.91 Å². The van der Waals surface area contributed by atoms with Crippen molar-refractivity contribution in [2.75, 3.05) is 38.1 Å². The van der Waals surface area contributed by atoms with Gasteiger partial charge in [-0.15, -0.1) is 24.0 Å². The van der Waals surface area contributed by atoms with Crippen molar-refractivity contribution >= 4 is 41.5 Å². The number of guanidine groups is 1. The molecule has 1 saturated heterocycles. The summed E-state index contributed by atoms with van der Waals surface area (Å²) in [5.74, 6) is 0.728. The van der Waals surface area contributed by atoms with Gasteiger partial charge in [-0.05, 0) is 29.8 Å². The molecule has 1 aliphatic rings. The van der Waals surface area contributed by atoms with Crippen molar-refractivity contribution in [2.24, 2.45) is 10.7 Å². The normalized spacial score (nSPS) is 14.4. The summed E-state index contributed by atoms with van der Waals surface area (Å²) >= 11 is 0. The quantitative estimate of drug-likeness (QED) is 0.343. The topological polar surface area (TPSA) is 94.2 Å². The maximum Gasteiger partial charge on any atom is 0.248 e. The lowest BCUT2D eigenvalue weighted by molar-refractivity contribution is 0.100. The lowest BCUT2D eigenvalue weighted by Crippen LogP contribution is -2.52. The Balaban J connectivity index is 0.00000280. The highest BCUT2D eigenvalue weighted by Crippen LogP contribution is 2.27. The highest BCUT2D eigenvalue weighted by molar-refractivity contribution is 14.0. The zero-order valence-electron chi connectivity index (χ0n) is 15.8. The molecule has 0 atom stereocenters. The molecule has 3 rings (SSSR count).